The highest BCUT2D eigenvalue weighted by molar-refractivity contribution is 7.90. The smallest absolute Gasteiger partial charge is 0.284 e. The summed E-state index contributed by atoms with van der Waals surface area (Å²) < 4.78 is 33.0. The number of sulfonamides is 1. The zero-order valence-corrected chi connectivity index (χ0v) is 12.7. The molecule has 2 rings (SSSR count). The van der Waals surface area contributed by atoms with Crippen LogP contribution in [0, 0.1) is 0 Å². The fourth-order valence-corrected chi connectivity index (χ4v) is 2.70. The topological polar surface area (TPSA) is 81.8 Å². The number of methoxy groups -OCH3 is 1. The molecule has 0 saturated heterocycles. The number of ether oxygens (including phenoxy) is 1. The van der Waals surface area contributed by atoms with Crippen molar-refractivity contribution in [1.29, 1.82) is 0 Å². The SMILES string of the molecule is COc1cccc(/C(N)=N/S(=O)(=O)c2ccc(Cl)cc2)c1. The minimum absolute atomic E-state index is 0.0257. The van der Waals surface area contributed by atoms with E-state index < -0.39 is 10.0 Å². The maximum atomic E-state index is 12.1. The van der Waals surface area contributed by atoms with Crippen molar-refractivity contribution in [3.05, 3.63) is 59.1 Å². The molecule has 0 aliphatic rings. The first-order valence-corrected chi connectivity index (χ1v) is 7.74. The van der Waals surface area contributed by atoms with Gasteiger partial charge in [-0.25, -0.2) is 0 Å². The van der Waals surface area contributed by atoms with Crippen LogP contribution in [0.4, 0.5) is 0 Å². The van der Waals surface area contributed by atoms with Crippen LogP contribution >= 0.6 is 11.6 Å². The van der Waals surface area contributed by atoms with Crippen molar-refractivity contribution in [1.82, 2.24) is 0 Å². The molecule has 0 aliphatic heterocycles. The molecule has 0 spiro atoms. The van der Waals surface area contributed by atoms with Crippen LogP contribution in [0.5, 0.6) is 5.75 Å². The van der Waals surface area contributed by atoms with E-state index in [0.717, 1.165) is 0 Å². The minimum Gasteiger partial charge on any atom is -0.497 e. The van der Waals surface area contributed by atoms with Crippen molar-refractivity contribution in [2.24, 2.45) is 10.1 Å². The molecular weight excluding hydrogens is 312 g/mol. The number of hydrogen-bond donors (Lipinski definition) is 1. The van der Waals surface area contributed by atoms with Gasteiger partial charge in [-0.15, -0.1) is 4.40 Å². The molecule has 7 heteroatoms. The van der Waals surface area contributed by atoms with Gasteiger partial charge in [0.1, 0.15) is 11.6 Å². The van der Waals surface area contributed by atoms with Gasteiger partial charge < -0.3 is 10.5 Å². The number of amidine groups is 1. The van der Waals surface area contributed by atoms with Gasteiger partial charge in [-0.1, -0.05) is 23.7 Å². The molecule has 0 saturated carbocycles. The fourth-order valence-electron chi connectivity index (χ4n) is 1.62. The van der Waals surface area contributed by atoms with Crippen LogP contribution < -0.4 is 10.5 Å². The molecule has 0 heterocycles. The number of nitrogens with zero attached hydrogens (tertiary/aromatic N) is 1. The number of nitrogens with two attached hydrogens (primary N) is 1. The van der Waals surface area contributed by atoms with Crippen molar-refractivity contribution in [2.45, 2.75) is 4.90 Å². The largest absolute Gasteiger partial charge is 0.497 e. The number of hydrogen-bond acceptors (Lipinski definition) is 3. The third-order valence-electron chi connectivity index (χ3n) is 2.70. The van der Waals surface area contributed by atoms with Gasteiger partial charge in [-0.05, 0) is 36.4 Å². The first-order chi connectivity index (χ1) is 9.92. The van der Waals surface area contributed by atoms with E-state index in [1.54, 1.807) is 24.3 Å². The number of benzene rings is 2. The lowest BCUT2D eigenvalue weighted by atomic mass is 10.2. The van der Waals surface area contributed by atoms with E-state index in [1.807, 2.05) is 0 Å². The third kappa shape index (κ3) is 3.74. The van der Waals surface area contributed by atoms with Crippen LogP contribution in [0.15, 0.2) is 57.8 Å². The first-order valence-electron chi connectivity index (χ1n) is 5.93. The van der Waals surface area contributed by atoms with Gasteiger partial charge in [-0.2, -0.15) is 8.42 Å². The van der Waals surface area contributed by atoms with E-state index in [2.05, 4.69) is 4.40 Å². The Labute approximate surface area is 128 Å². The second-order valence-corrected chi connectivity index (χ2v) is 6.18. The molecule has 2 N–H and O–H groups in total. The number of halogens is 1. The summed E-state index contributed by atoms with van der Waals surface area (Å²) in [4.78, 5) is 0.0257. The van der Waals surface area contributed by atoms with Crippen molar-refractivity contribution < 1.29 is 13.2 Å². The molecule has 21 heavy (non-hydrogen) atoms. The maximum absolute atomic E-state index is 12.1. The molecule has 0 bridgehead atoms. The second-order valence-electron chi connectivity index (χ2n) is 4.14. The second kappa shape index (κ2) is 6.15. The molecule has 0 aromatic heterocycles. The Morgan fingerprint density at radius 3 is 2.48 bits per heavy atom. The molecule has 0 radical (unpaired) electrons. The highest BCUT2D eigenvalue weighted by Crippen LogP contribution is 2.18. The Morgan fingerprint density at radius 2 is 1.86 bits per heavy atom. The number of rotatable bonds is 4. The summed E-state index contributed by atoms with van der Waals surface area (Å²) in [6.07, 6.45) is 0. The Balaban J connectivity index is 2.38. The van der Waals surface area contributed by atoms with E-state index in [4.69, 9.17) is 22.1 Å². The first kappa shape index (κ1) is 15.3. The molecule has 0 amide bonds. The lowest BCUT2D eigenvalue weighted by molar-refractivity contribution is 0.414. The zero-order chi connectivity index (χ0) is 15.5. The lowest BCUT2D eigenvalue weighted by Gasteiger charge is -2.05. The third-order valence-corrected chi connectivity index (χ3v) is 4.25. The van der Waals surface area contributed by atoms with Crippen LogP contribution in [0.3, 0.4) is 0 Å². The van der Waals surface area contributed by atoms with Crippen LogP contribution in [0.1, 0.15) is 5.56 Å². The molecule has 2 aromatic rings. The average molecular weight is 325 g/mol. The van der Waals surface area contributed by atoms with Gasteiger partial charge in [0, 0.05) is 10.6 Å². The van der Waals surface area contributed by atoms with E-state index in [1.165, 1.54) is 31.4 Å². The highest BCUT2D eigenvalue weighted by atomic mass is 35.5. The van der Waals surface area contributed by atoms with Gasteiger partial charge >= 0.3 is 0 Å². The minimum atomic E-state index is -3.88. The molecule has 0 fully saturated rings. The lowest BCUT2D eigenvalue weighted by Crippen LogP contribution is -2.16. The molecule has 110 valence electrons. The molecule has 2 aromatic carbocycles. The van der Waals surface area contributed by atoms with E-state index in [0.29, 0.717) is 16.3 Å². The van der Waals surface area contributed by atoms with Crippen LogP contribution in [0.2, 0.25) is 5.02 Å². The van der Waals surface area contributed by atoms with Crippen LogP contribution in [0.25, 0.3) is 0 Å². The quantitative estimate of drug-likeness (QED) is 0.691. The van der Waals surface area contributed by atoms with E-state index in [-0.39, 0.29) is 10.7 Å². The van der Waals surface area contributed by atoms with Crippen molar-refractivity contribution >= 4 is 27.5 Å². The summed E-state index contributed by atoms with van der Waals surface area (Å²) in [6.45, 7) is 0. The summed E-state index contributed by atoms with van der Waals surface area (Å²) in [5.41, 5.74) is 6.23. The normalized spacial score (nSPS) is 12.2. The molecule has 5 nitrogen and oxygen atoms in total. The van der Waals surface area contributed by atoms with Gasteiger partial charge in [0.05, 0.1) is 12.0 Å². The monoisotopic (exact) mass is 324 g/mol. The van der Waals surface area contributed by atoms with Crippen LogP contribution in [-0.2, 0) is 10.0 Å². The molecule has 0 aliphatic carbocycles. The van der Waals surface area contributed by atoms with E-state index >= 15 is 0 Å². The van der Waals surface area contributed by atoms with Gasteiger partial charge in [0.25, 0.3) is 10.0 Å². The maximum Gasteiger partial charge on any atom is 0.284 e. The summed E-state index contributed by atoms with van der Waals surface area (Å²) in [5.74, 6) is 0.457. The highest BCUT2D eigenvalue weighted by Gasteiger charge is 2.14. The van der Waals surface area contributed by atoms with Gasteiger partial charge in [-0.3, -0.25) is 0 Å². The molecule has 0 unspecified atom stereocenters. The van der Waals surface area contributed by atoms with Crippen molar-refractivity contribution in [3.8, 4) is 5.75 Å². The van der Waals surface area contributed by atoms with Crippen LogP contribution in [-0.4, -0.2) is 21.4 Å². The predicted octanol–water partition coefficient (Wildman–Crippen LogP) is 2.44. The van der Waals surface area contributed by atoms with E-state index in [9.17, 15) is 8.42 Å². The zero-order valence-electron chi connectivity index (χ0n) is 11.2. The van der Waals surface area contributed by atoms with Gasteiger partial charge in [0.2, 0.25) is 0 Å². The predicted molar refractivity (Wildman–Crippen MR) is 82.4 cm³/mol. The summed E-state index contributed by atoms with van der Waals surface area (Å²) in [7, 11) is -2.37. The van der Waals surface area contributed by atoms with Gasteiger partial charge in [0.15, 0.2) is 0 Å². The Kier molecular flexibility index (Phi) is 4.50. The fraction of sp³-hybridized carbons (Fsp3) is 0.0714. The summed E-state index contributed by atoms with van der Waals surface area (Å²) in [5, 5.41) is 0.443. The van der Waals surface area contributed by atoms with Crippen molar-refractivity contribution in [2.75, 3.05) is 7.11 Å². The average Bonchev–Trinajstić information content (AvgIpc) is 2.47. The Bertz CT molecular complexity index is 771. The summed E-state index contributed by atoms with van der Waals surface area (Å²) in [6, 6.07) is 12.4. The standard InChI is InChI=1S/C14H13ClN2O3S/c1-20-12-4-2-3-10(9-12)14(16)17-21(18,19)13-7-5-11(15)6-8-13/h2-9H,1H3,(H2,16,17). The van der Waals surface area contributed by atoms with Crippen molar-refractivity contribution in [3.63, 3.8) is 0 Å². The molecule has 0 atom stereocenters. The Morgan fingerprint density at radius 1 is 1.19 bits per heavy atom. The Hall–Kier alpha value is -2.05. The summed E-state index contributed by atoms with van der Waals surface area (Å²) >= 11 is 5.73. The molecular formula is C14H13ClN2O3S.